The van der Waals surface area contributed by atoms with Gasteiger partial charge in [0.05, 0.1) is 6.10 Å². The topological polar surface area (TPSA) is 43.4 Å². The summed E-state index contributed by atoms with van der Waals surface area (Å²) >= 11 is 0. The third kappa shape index (κ3) is 4.64. The second-order valence-corrected chi connectivity index (χ2v) is 5.89. The minimum atomic E-state index is -0.356. The van der Waals surface area contributed by atoms with Crippen molar-refractivity contribution in [3.63, 3.8) is 0 Å². The largest absolute Gasteiger partial charge is 0.472 e. The maximum Gasteiger partial charge on any atom is 0.250 e. The first kappa shape index (κ1) is 16.2. The maximum atomic E-state index is 14.4. The predicted molar refractivity (Wildman–Crippen MR) is 79.9 cm³/mol. The third-order valence-corrected chi connectivity index (χ3v) is 3.83. The molecule has 0 amide bonds. The van der Waals surface area contributed by atoms with Crippen LogP contribution in [-0.4, -0.2) is 30.3 Å². The third-order valence-electron chi connectivity index (χ3n) is 3.83. The molecule has 4 nitrogen and oxygen atoms in total. The number of aromatic nitrogens is 1. The van der Waals surface area contributed by atoms with E-state index in [9.17, 15) is 4.39 Å². The molecule has 2 unspecified atom stereocenters. The highest BCUT2D eigenvalue weighted by molar-refractivity contribution is 5.23. The number of pyridine rings is 1. The fraction of sp³-hybridized carbons (Fsp3) is 0.688. The smallest absolute Gasteiger partial charge is 0.250 e. The van der Waals surface area contributed by atoms with Crippen LogP contribution in [0.15, 0.2) is 12.3 Å². The molecule has 0 aliphatic heterocycles. The molecule has 0 spiro atoms. The lowest BCUT2D eigenvalue weighted by atomic mass is 9.95. The number of halogens is 1. The van der Waals surface area contributed by atoms with Gasteiger partial charge in [0.1, 0.15) is 6.10 Å². The molecule has 2 rings (SSSR count). The molecule has 21 heavy (non-hydrogen) atoms. The summed E-state index contributed by atoms with van der Waals surface area (Å²) in [7, 11) is 1.71. The van der Waals surface area contributed by atoms with Crippen LogP contribution in [0.5, 0.6) is 5.88 Å². The summed E-state index contributed by atoms with van der Waals surface area (Å²) in [4.78, 5) is 4.05. The van der Waals surface area contributed by atoms with E-state index in [0.29, 0.717) is 18.2 Å². The Morgan fingerprint density at radius 1 is 1.38 bits per heavy atom. The Kier molecular flexibility index (Phi) is 5.94. The van der Waals surface area contributed by atoms with Gasteiger partial charge in [-0.2, -0.15) is 0 Å². The maximum absolute atomic E-state index is 14.4. The lowest BCUT2D eigenvalue weighted by Crippen LogP contribution is -2.30. The van der Waals surface area contributed by atoms with E-state index in [2.05, 4.69) is 10.3 Å². The Morgan fingerprint density at radius 2 is 2.14 bits per heavy atom. The minimum Gasteiger partial charge on any atom is -0.472 e. The molecule has 1 fully saturated rings. The van der Waals surface area contributed by atoms with E-state index in [1.54, 1.807) is 19.4 Å². The highest BCUT2D eigenvalue weighted by Gasteiger charge is 2.24. The molecule has 1 heterocycles. The van der Waals surface area contributed by atoms with Gasteiger partial charge < -0.3 is 14.8 Å². The Balaban J connectivity index is 2.01. The molecule has 5 heteroatoms. The molecular weight excluding hydrogens is 271 g/mol. The van der Waals surface area contributed by atoms with Crippen LogP contribution in [0.2, 0.25) is 0 Å². The summed E-state index contributed by atoms with van der Waals surface area (Å²) in [5.41, 5.74) is 0.591. The van der Waals surface area contributed by atoms with Gasteiger partial charge in [-0.1, -0.05) is 13.8 Å². The lowest BCUT2D eigenvalue weighted by molar-refractivity contribution is 0.0181. The van der Waals surface area contributed by atoms with Gasteiger partial charge in [-0.15, -0.1) is 0 Å². The zero-order chi connectivity index (χ0) is 15.2. The van der Waals surface area contributed by atoms with Crippen molar-refractivity contribution in [3.8, 4) is 5.88 Å². The Morgan fingerprint density at radius 3 is 2.86 bits per heavy atom. The summed E-state index contributed by atoms with van der Waals surface area (Å²) in [5, 5.41) is 3.21. The number of ether oxygens (including phenoxy) is 2. The fourth-order valence-electron chi connectivity index (χ4n) is 2.58. The number of nitrogens with one attached hydrogen (secondary N) is 1. The monoisotopic (exact) mass is 296 g/mol. The summed E-state index contributed by atoms with van der Waals surface area (Å²) in [6, 6.07) is 2.00. The summed E-state index contributed by atoms with van der Waals surface area (Å²) < 4.78 is 25.5. The van der Waals surface area contributed by atoms with Gasteiger partial charge in [0.25, 0.3) is 5.88 Å². The molecule has 2 atom stereocenters. The zero-order valence-electron chi connectivity index (χ0n) is 13.1. The Labute approximate surface area is 126 Å². The van der Waals surface area contributed by atoms with Gasteiger partial charge >= 0.3 is 0 Å². The normalized spacial score (nSPS) is 22.5. The quantitative estimate of drug-likeness (QED) is 0.876. The molecule has 0 bridgehead atoms. The first-order chi connectivity index (χ1) is 10.1. The molecule has 118 valence electrons. The molecule has 1 aromatic heterocycles. The Hall–Kier alpha value is -1.20. The first-order valence-corrected chi connectivity index (χ1v) is 7.66. The molecule has 1 aromatic rings. The van der Waals surface area contributed by atoms with Crippen molar-refractivity contribution in [1.29, 1.82) is 0 Å². The average molecular weight is 296 g/mol. The van der Waals surface area contributed by atoms with E-state index in [0.717, 1.165) is 25.7 Å². The van der Waals surface area contributed by atoms with Crippen molar-refractivity contribution in [1.82, 2.24) is 10.3 Å². The van der Waals surface area contributed by atoms with Crippen LogP contribution in [0.1, 0.15) is 45.1 Å². The van der Waals surface area contributed by atoms with Crippen molar-refractivity contribution < 1.29 is 13.9 Å². The van der Waals surface area contributed by atoms with Gasteiger partial charge in [-0.3, -0.25) is 0 Å². The molecular formula is C16H25FN2O2. The molecule has 1 aliphatic carbocycles. The second kappa shape index (κ2) is 7.71. The number of hydrogen-bond acceptors (Lipinski definition) is 4. The second-order valence-electron chi connectivity index (χ2n) is 5.89. The van der Waals surface area contributed by atoms with Crippen molar-refractivity contribution in [2.24, 2.45) is 0 Å². The van der Waals surface area contributed by atoms with Gasteiger partial charge in [0, 0.05) is 37.9 Å². The van der Waals surface area contributed by atoms with E-state index in [-0.39, 0.29) is 23.9 Å². The van der Waals surface area contributed by atoms with Crippen molar-refractivity contribution in [2.75, 3.05) is 7.11 Å². The fourth-order valence-corrected chi connectivity index (χ4v) is 2.58. The molecule has 1 aliphatic rings. The van der Waals surface area contributed by atoms with Crippen LogP contribution >= 0.6 is 0 Å². The van der Waals surface area contributed by atoms with Crippen LogP contribution in [0.4, 0.5) is 4.39 Å². The number of rotatable bonds is 6. The van der Waals surface area contributed by atoms with Crippen LogP contribution in [0.25, 0.3) is 0 Å². The Bertz CT molecular complexity index is 454. The van der Waals surface area contributed by atoms with Crippen molar-refractivity contribution in [2.45, 2.75) is 64.3 Å². The van der Waals surface area contributed by atoms with Gasteiger partial charge in [0.2, 0.25) is 0 Å². The number of hydrogen-bond donors (Lipinski definition) is 1. The van der Waals surface area contributed by atoms with Crippen molar-refractivity contribution in [3.05, 3.63) is 23.6 Å². The molecule has 1 N–H and O–H groups in total. The summed E-state index contributed by atoms with van der Waals surface area (Å²) in [6.45, 7) is 4.54. The highest BCUT2D eigenvalue weighted by atomic mass is 19.1. The van der Waals surface area contributed by atoms with E-state index in [1.807, 2.05) is 13.8 Å². The number of nitrogens with zero attached hydrogens (tertiary/aromatic N) is 1. The lowest BCUT2D eigenvalue weighted by Gasteiger charge is -2.28. The van der Waals surface area contributed by atoms with Crippen LogP contribution in [0.3, 0.4) is 0 Å². The first-order valence-electron chi connectivity index (χ1n) is 7.66. The predicted octanol–water partition coefficient (Wildman–Crippen LogP) is 3.06. The average Bonchev–Trinajstić information content (AvgIpc) is 2.48. The van der Waals surface area contributed by atoms with E-state index in [4.69, 9.17) is 9.47 Å². The van der Waals surface area contributed by atoms with Gasteiger partial charge in [0.15, 0.2) is 5.82 Å². The molecule has 0 saturated heterocycles. The highest BCUT2D eigenvalue weighted by Crippen LogP contribution is 2.26. The zero-order valence-corrected chi connectivity index (χ0v) is 13.1. The van der Waals surface area contributed by atoms with E-state index in [1.165, 1.54) is 0 Å². The van der Waals surface area contributed by atoms with Crippen LogP contribution in [-0.2, 0) is 11.3 Å². The molecule has 0 radical (unpaired) electrons. The standard InChI is InChI=1S/C16H25FN2O2/c1-11(2)19-10-12-7-8-18-16(15(12)17)21-14-6-4-5-13(9-14)20-3/h7-8,11,13-14,19H,4-6,9-10H2,1-3H3. The summed E-state index contributed by atoms with van der Waals surface area (Å²) in [6.07, 6.45) is 5.61. The van der Waals surface area contributed by atoms with Crippen molar-refractivity contribution >= 4 is 0 Å². The SMILES string of the molecule is COC1CCCC(Oc2nccc(CNC(C)C)c2F)C1. The van der Waals surface area contributed by atoms with E-state index >= 15 is 0 Å². The summed E-state index contributed by atoms with van der Waals surface area (Å²) in [5.74, 6) is -0.245. The molecule has 1 saturated carbocycles. The van der Waals surface area contributed by atoms with E-state index < -0.39 is 0 Å². The minimum absolute atomic E-state index is 0.0148. The van der Waals surface area contributed by atoms with Crippen LogP contribution < -0.4 is 10.1 Å². The van der Waals surface area contributed by atoms with Gasteiger partial charge in [-0.25, -0.2) is 9.37 Å². The molecule has 0 aromatic carbocycles. The van der Waals surface area contributed by atoms with Crippen LogP contribution in [0, 0.1) is 5.82 Å². The number of methoxy groups -OCH3 is 1. The van der Waals surface area contributed by atoms with Gasteiger partial charge in [-0.05, 0) is 25.3 Å².